The van der Waals surface area contributed by atoms with Gasteiger partial charge in [0.05, 0.1) is 11.1 Å². The number of hydrogen-bond donors (Lipinski definition) is 1. The van der Waals surface area contributed by atoms with Crippen molar-refractivity contribution in [2.45, 2.75) is 10.1 Å². The molecule has 1 N–H and O–H groups in total. The second-order valence-electron chi connectivity index (χ2n) is 4.13. The van der Waals surface area contributed by atoms with Crippen LogP contribution in [0, 0.1) is 0 Å². The van der Waals surface area contributed by atoms with Gasteiger partial charge in [0.15, 0.2) is 0 Å². The molecule has 0 aliphatic rings. The van der Waals surface area contributed by atoms with Crippen LogP contribution in [0.2, 0.25) is 0 Å². The second kappa shape index (κ2) is 5.30. The van der Waals surface area contributed by atoms with Gasteiger partial charge in [-0.05, 0) is 24.3 Å². The van der Waals surface area contributed by atoms with E-state index in [9.17, 15) is 4.79 Å². The van der Waals surface area contributed by atoms with Gasteiger partial charge in [0.1, 0.15) is 10.1 Å². The second-order valence-corrected chi connectivity index (χ2v) is 5.17. The number of carbonyl (C=O) groups is 1. The Balaban J connectivity index is 1.92. The van der Waals surface area contributed by atoms with E-state index in [1.807, 2.05) is 36.4 Å². The molecule has 0 aliphatic heterocycles. The summed E-state index contributed by atoms with van der Waals surface area (Å²) < 4.78 is 0. The number of rotatable bonds is 3. The van der Waals surface area contributed by atoms with Crippen molar-refractivity contribution >= 4 is 28.6 Å². The minimum Gasteiger partial charge on any atom is -0.478 e. The summed E-state index contributed by atoms with van der Waals surface area (Å²) in [6, 6.07) is 14.8. The molecule has 0 saturated carbocycles. The lowest BCUT2D eigenvalue weighted by molar-refractivity contribution is 0.0696. The highest BCUT2D eigenvalue weighted by Crippen LogP contribution is 2.26. The Morgan fingerprint density at radius 2 is 1.90 bits per heavy atom. The van der Waals surface area contributed by atoms with Crippen molar-refractivity contribution in [3.8, 4) is 0 Å². The van der Waals surface area contributed by atoms with Crippen LogP contribution in [0.3, 0.4) is 0 Å². The van der Waals surface area contributed by atoms with Crippen molar-refractivity contribution in [1.82, 2.24) is 9.97 Å². The first-order chi connectivity index (χ1) is 9.72. The van der Waals surface area contributed by atoms with E-state index in [2.05, 4.69) is 9.97 Å². The standard InChI is InChI=1S/C15H10N2O2S/c18-15(19)11-7-8-16-14(9-11)20-13-6-5-10-3-1-2-4-12(10)17-13/h1-9H,(H,18,19). The SMILES string of the molecule is O=C(O)c1ccnc(Sc2ccc3ccccc3n2)c1. The molecule has 0 atom stereocenters. The number of nitrogens with zero attached hydrogens (tertiary/aromatic N) is 2. The quantitative estimate of drug-likeness (QED) is 0.796. The fourth-order valence-electron chi connectivity index (χ4n) is 1.81. The van der Waals surface area contributed by atoms with Crippen molar-refractivity contribution in [2.24, 2.45) is 0 Å². The molecule has 4 nitrogen and oxygen atoms in total. The van der Waals surface area contributed by atoms with Crippen LogP contribution in [0.1, 0.15) is 10.4 Å². The predicted molar refractivity (Wildman–Crippen MR) is 77.1 cm³/mol. The lowest BCUT2D eigenvalue weighted by Crippen LogP contribution is -1.96. The van der Waals surface area contributed by atoms with Gasteiger partial charge in [-0.15, -0.1) is 0 Å². The molecule has 0 aliphatic carbocycles. The third kappa shape index (κ3) is 2.62. The highest BCUT2D eigenvalue weighted by molar-refractivity contribution is 7.99. The van der Waals surface area contributed by atoms with E-state index >= 15 is 0 Å². The summed E-state index contributed by atoms with van der Waals surface area (Å²) in [4.78, 5) is 19.6. The Hall–Kier alpha value is -2.40. The summed E-state index contributed by atoms with van der Waals surface area (Å²) in [7, 11) is 0. The Morgan fingerprint density at radius 3 is 2.75 bits per heavy atom. The van der Waals surface area contributed by atoms with Crippen molar-refractivity contribution in [3.05, 3.63) is 60.3 Å². The number of aromatic nitrogens is 2. The summed E-state index contributed by atoms with van der Waals surface area (Å²) >= 11 is 1.35. The highest BCUT2D eigenvalue weighted by atomic mass is 32.2. The maximum absolute atomic E-state index is 10.9. The number of hydrogen-bond acceptors (Lipinski definition) is 4. The van der Waals surface area contributed by atoms with Gasteiger partial charge in [-0.2, -0.15) is 0 Å². The number of pyridine rings is 2. The molecule has 0 radical (unpaired) electrons. The van der Waals surface area contributed by atoms with Crippen molar-refractivity contribution in [3.63, 3.8) is 0 Å². The molecule has 0 amide bonds. The van der Waals surface area contributed by atoms with Gasteiger partial charge in [-0.1, -0.05) is 36.0 Å². The van der Waals surface area contributed by atoms with Gasteiger partial charge in [0, 0.05) is 11.6 Å². The molecule has 1 aromatic carbocycles. The Labute approximate surface area is 119 Å². The van der Waals surface area contributed by atoms with Gasteiger partial charge in [-0.3, -0.25) is 0 Å². The molecule has 3 aromatic rings. The van der Waals surface area contributed by atoms with Gasteiger partial charge in [0.2, 0.25) is 0 Å². The maximum Gasteiger partial charge on any atom is 0.335 e. The van der Waals surface area contributed by atoms with Crippen LogP contribution in [-0.4, -0.2) is 21.0 Å². The third-order valence-corrected chi connectivity index (χ3v) is 3.63. The normalized spacial score (nSPS) is 10.6. The number of aromatic carboxylic acids is 1. The zero-order valence-electron chi connectivity index (χ0n) is 10.4. The summed E-state index contributed by atoms with van der Waals surface area (Å²) in [5.74, 6) is -0.958. The first-order valence-electron chi connectivity index (χ1n) is 5.95. The summed E-state index contributed by atoms with van der Waals surface area (Å²) in [5, 5.41) is 11.4. The molecule has 5 heteroatoms. The average molecular weight is 282 g/mol. The van der Waals surface area contributed by atoms with Crippen LogP contribution in [-0.2, 0) is 0 Å². The topological polar surface area (TPSA) is 63.1 Å². The molecular formula is C15H10N2O2S. The number of carboxylic acids is 1. The number of para-hydroxylation sites is 1. The summed E-state index contributed by atoms with van der Waals surface area (Å²) in [6.07, 6.45) is 1.49. The van der Waals surface area contributed by atoms with Crippen molar-refractivity contribution < 1.29 is 9.90 Å². The van der Waals surface area contributed by atoms with Crippen LogP contribution >= 0.6 is 11.8 Å². The zero-order valence-corrected chi connectivity index (χ0v) is 11.2. The molecule has 20 heavy (non-hydrogen) atoms. The molecule has 0 spiro atoms. The largest absolute Gasteiger partial charge is 0.478 e. The van der Waals surface area contributed by atoms with E-state index in [1.54, 1.807) is 6.07 Å². The smallest absolute Gasteiger partial charge is 0.335 e. The van der Waals surface area contributed by atoms with Crippen molar-refractivity contribution in [1.29, 1.82) is 0 Å². The van der Waals surface area contributed by atoms with Crippen LogP contribution in [0.5, 0.6) is 0 Å². The molecule has 2 heterocycles. The fourth-order valence-corrected chi connectivity index (χ4v) is 2.60. The van der Waals surface area contributed by atoms with Crippen LogP contribution in [0.15, 0.2) is 64.8 Å². The van der Waals surface area contributed by atoms with Gasteiger partial charge >= 0.3 is 5.97 Å². The Morgan fingerprint density at radius 1 is 1.05 bits per heavy atom. The van der Waals surface area contributed by atoms with E-state index in [0.717, 1.165) is 15.9 Å². The molecule has 0 saturated heterocycles. The van der Waals surface area contributed by atoms with Gasteiger partial charge in [0.25, 0.3) is 0 Å². The Bertz CT molecular complexity index is 789. The van der Waals surface area contributed by atoms with E-state index in [4.69, 9.17) is 5.11 Å². The van der Waals surface area contributed by atoms with E-state index in [-0.39, 0.29) is 5.56 Å². The highest BCUT2D eigenvalue weighted by Gasteiger charge is 2.06. The molecule has 0 bridgehead atoms. The van der Waals surface area contributed by atoms with E-state index in [0.29, 0.717) is 5.03 Å². The maximum atomic E-state index is 10.9. The third-order valence-electron chi connectivity index (χ3n) is 2.76. The van der Waals surface area contributed by atoms with E-state index < -0.39 is 5.97 Å². The minimum absolute atomic E-state index is 0.225. The molecule has 2 aromatic heterocycles. The minimum atomic E-state index is -0.958. The first kappa shape index (κ1) is 12.6. The molecular weight excluding hydrogens is 272 g/mol. The summed E-state index contributed by atoms with van der Waals surface area (Å²) in [6.45, 7) is 0. The van der Waals surface area contributed by atoms with Crippen molar-refractivity contribution in [2.75, 3.05) is 0 Å². The molecule has 0 unspecified atom stereocenters. The monoisotopic (exact) mass is 282 g/mol. The average Bonchev–Trinajstić information content (AvgIpc) is 2.47. The summed E-state index contributed by atoms with van der Waals surface area (Å²) in [5.41, 5.74) is 1.13. The van der Waals surface area contributed by atoms with Crippen LogP contribution < -0.4 is 0 Å². The number of benzene rings is 1. The lowest BCUT2D eigenvalue weighted by atomic mass is 10.2. The first-order valence-corrected chi connectivity index (χ1v) is 6.77. The predicted octanol–water partition coefficient (Wildman–Crippen LogP) is 3.48. The van der Waals surface area contributed by atoms with Gasteiger partial charge in [-0.25, -0.2) is 14.8 Å². The Kier molecular flexibility index (Phi) is 3.35. The molecule has 98 valence electrons. The van der Waals surface area contributed by atoms with Crippen LogP contribution in [0.25, 0.3) is 10.9 Å². The molecule has 0 fully saturated rings. The van der Waals surface area contributed by atoms with E-state index in [1.165, 1.54) is 24.0 Å². The van der Waals surface area contributed by atoms with Gasteiger partial charge < -0.3 is 5.11 Å². The number of carboxylic acid groups (broad SMARTS) is 1. The fraction of sp³-hybridized carbons (Fsp3) is 0. The number of fused-ring (bicyclic) bond motifs is 1. The van der Waals surface area contributed by atoms with Crippen LogP contribution in [0.4, 0.5) is 0 Å². The lowest BCUT2D eigenvalue weighted by Gasteiger charge is -2.03. The zero-order chi connectivity index (χ0) is 13.9. The molecule has 3 rings (SSSR count).